The maximum absolute atomic E-state index is 9.49. The third-order valence-corrected chi connectivity index (χ3v) is 4.54. The van der Waals surface area contributed by atoms with Crippen LogP contribution in [0, 0.1) is 11.3 Å². The first-order chi connectivity index (χ1) is 12.0. The minimum Gasteiger partial charge on any atom is -0.493 e. The molecule has 0 heterocycles. The molecule has 25 heavy (non-hydrogen) atoms. The summed E-state index contributed by atoms with van der Waals surface area (Å²) < 4.78 is 12.2. The number of hydrogen-bond acceptors (Lipinski definition) is 3. The first-order valence-corrected chi connectivity index (χ1v) is 9.07. The van der Waals surface area contributed by atoms with Gasteiger partial charge in [0.1, 0.15) is 0 Å². The highest BCUT2D eigenvalue weighted by molar-refractivity contribution is 9.10. The van der Waals surface area contributed by atoms with Crippen LogP contribution in [0.15, 0.2) is 40.9 Å². The number of benzene rings is 2. The molecule has 0 amide bonds. The van der Waals surface area contributed by atoms with Gasteiger partial charge in [0.15, 0.2) is 11.5 Å². The number of nitriles is 1. The van der Waals surface area contributed by atoms with E-state index in [0.29, 0.717) is 22.1 Å². The summed E-state index contributed by atoms with van der Waals surface area (Å²) in [6.07, 6.45) is 2.68. The minimum absolute atomic E-state index is 0.0326. The minimum atomic E-state index is 0.0326. The van der Waals surface area contributed by atoms with Crippen LogP contribution in [-0.4, -0.2) is 13.2 Å². The van der Waals surface area contributed by atoms with Gasteiger partial charge < -0.3 is 9.47 Å². The number of allylic oxidation sites excluding steroid dienone is 1. The van der Waals surface area contributed by atoms with Crippen LogP contribution in [0.4, 0.5) is 0 Å². The molecule has 0 saturated heterocycles. The second kappa shape index (κ2) is 8.94. The van der Waals surface area contributed by atoms with Gasteiger partial charge in [0.25, 0.3) is 0 Å². The smallest absolute Gasteiger partial charge is 0.180 e. The lowest BCUT2D eigenvalue weighted by atomic mass is 10.0. The normalized spacial score (nSPS) is 12.4. The Balaban J connectivity index is 2.43. The molecule has 0 unspecified atom stereocenters. The molecule has 0 spiro atoms. The van der Waals surface area contributed by atoms with E-state index < -0.39 is 0 Å². The van der Waals surface area contributed by atoms with Gasteiger partial charge in [0, 0.05) is 4.47 Å². The van der Waals surface area contributed by atoms with Crippen molar-refractivity contribution in [2.45, 2.75) is 26.4 Å². The highest BCUT2D eigenvalue weighted by atomic mass is 79.9. The molecular formula is C20H19BrClNO2. The van der Waals surface area contributed by atoms with Crippen molar-refractivity contribution in [3.05, 3.63) is 57.0 Å². The Hall–Kier alpha value is -1.96. The van der Waals surface area contributed by atoms with Crippen molar-refractivity contribution >= 4 is 39.2 Å². The Kier molecular flexibility index (Phi) is 6.92. The predicted molar refractivity (Wildman–Crippen MR) is 106 cm³/mol. The van der Waals surface area contributed by atoms with Crippen LogP contribution < -0.4 is 9.47 Å². The summed E-state index contributed by atoms with van der Waals surface area (Å²) in [5.41, 5.74) is 2.15. The van der Waals surface area contributed by atoms with E-state index in [-0.39, 0.29) is 6.10 Å². The van der Waals surface area contributed by atoms with E-state index in [4.69, 9.17) is 21.1 Å². The highest BCUT2D eigenvalue weighted by Crippen LogP contribution is 2.38. The van der Waals surface area contributed by atoms with E-state index >= 15 is 0 Å². The van der Waals surface area contributed by atoms with Gasteiger partial charge in [-0.15, -0.1) is 0 Å². The zero-order valence-corrected chi connectivity index (χ0v) is 16.7. The lowest BCUT2D eigenvalue weighted by molar-refractivity contribution is 0.208. The molecule has 130 valence electrons. The molecule has 2 aromatic carbocycles. The molecule has 0 aliphatic heterocycles. The maximum Gasteiger partial charge on any atom is 0.180 e. The molecule has 1 atom stereocenters. The number of halogens is 2. The predicted octanol–water partition coefficient (Wildman–Crippen LogP) is 6.35. The van der Waals surface area contributed by atoms with E-state index in [9.17, 15) is 5.26 Å². The molecule has 0 bridgehead atoms. The molecule has 2 rings (SSSR count). The van der Waals surface area contributed by atoms with Crippen LogP contribution in [0.25, 0.3) is 11.6 Å². The van der Waals surface area contributed by atoms with Crippen LogP contribution in [0.3, 0.4) is 0 Å². The number of nitrogens with zero attached hydrogens (tertiary/aromatic N) is 1. The molecule has 0 aromatic heterocycles. The summed E-state index contributed by atoms with van der Waals surface area (Å²) in [7, 11) is 1.57. The van der Waals surface area contributed by atoms with Gasteiger partial charge in [-0.3, -0.25) is 0 Å². The lowest BCUT2D eigenvalue weighted by Gasteiger charge is -2.17. The molecular weight excluding hydrogens is 402 g/mol. The number of ether oxygens (including phenoxy) is 2. The fraction of sp³-hybridized carbons (Fsp3) is 0.250. The van der Waals surface area contributed by atoms with Gasteiger partial charge in [-0.2, -0.15) is 5.26 Å². The summed E-state index contributed by atoms with van der Waals surface area (Å²) in [5.74, 6) is 1.07. The Labute approximate surface area is 162 Å². The lowest BCUT2D eigenvalue weighted by Crippen LogP contribution is -2.11. The van der Waals surface area contributed by atoms with Crippen molar-refractivity contribution in [2.75, 3.05) is 7.11 Å². The van der Waals surface area contributed by atoms with Crippen molar-refractivity contribution in [3.8, 4) is 17.6 Å². The molecule has 5 heteroatoms. The van der Waals surface area contributed by atoms with Crippen LogP contribution in [-0.2, 0) is 0 Å². The molecule has 0 fully saturated rings. The molecule has 0 N–H and O–H groups in total. The molecule has 2 aromatic rings. The quantitative estimate of drug-likeness (QED) is 0.404. The van der Waals surface area contributed by atoms with Crippen LogP contribution in [0.2, 0.25) is 5.02 Å². The average molecular weight is 421 g/mol. The summed E-state index contributed by atoms with van der Waals surface area (Å²) in [5, 5.41) is 9.95. The van der Waals surface area contributed by atoms with Crippen molar-refractivity contribution in [1.82, 2.24) is 0 Å². The molecule has 3 nitrogen and oxygen atoms in total. The van der Waals surface area contributed by atoms with Gasteiger partial charge in [-0.25, -0.2) is 0 Å². The third-order valence-electron chi connectivity index (χ3n) is 3.73. The fourth-order valence-electron chi connectivity index (χ4n) is 2.20. The van der Waals surface area contributed by atoms with Crippen LogP contribution >= 0.6 is 27.5 Å². The van der Waals surface area contributed by atoms with Gasteiger partial charge in [0.05, 0.1) is 29.9 Å². The highest BCUT2D eigenvalue weighted by Gasteiger charge is 2.14. The zero-order valence-electron chi connectivity index (χ0n) is 14.3. The second-order valence-corrected chi connectivity index (χ2v) is 6.87. The van der Waals surface area contributed by atoms with E-state index in [2.05, 4.69) is 22.0 Å². The molecule has 0 radical (unpaired) electrons. The monoisotopic (exact) mass is 419 g/mol. The van der Waals surface area contributed by atoms with E-state index in [0.717, 1.165) is 22.0 Å². The topological polar surface area (TPSA) is 42.2 Å². The van der Waals surface area contributed by atoms with E-state index in [1.54, 1.807) is 19.3 Å². The number of hydrogen-bond donors (Lipinski definition) is 0. The van der Waals surface area contributed by atoms with Crippen molar-refractivity contribution < 1.29 is 9.47 Å². The van der Waals surface area contributed by atoms with Crippen LogP contribution in [0.1, 0.15) is 31.4 Å². The van der Waals surface area contributed by atoms with Crippen molar-refractivity contribution in [1.29, 1.82) is 5.26 Å². The average Bonchev–Trinajstić information content (AvgIpc) is 2.62. The Morgan fingerprint density at radius 1 is 1.32 bits per heavy atom. The second-order valence-electron chi connectivity index (χ2n) is 5.55. The van der Waals surface area contributed by atoms with Gasteiger partial charge in [-0.1, -0.05) is 46.6 Å². The number of rotatable bonds is 6. The Morgan fingerprint density at radius 3 is 2.56 bits per heavy atom. The molecule has 0 aliphatic rings. The summed E-state index contributed by atoms with van der Waals surface area (Å²) in [6.45, 7) is 4.02. The SMILES string of the molecule is CC[C@H](C)Oc1c(Cl)cc(/C=C(/C#N)c2ccc(Br)cc2)cc1OC. The first kappa shape index (κ1) is 19.4. The van der Waals surface area contributed by atoms with Gasteiger partial charge in [0.2, 0.25) is 0 Å². The third kappa shape index (κ3) is 5.01. The standard InChI is InChI=1S/C20H19BrClNO2/c1-4-13(2)25-20-18(22)10-14(11-19(20)24-3)9-16(12-23)15-5-7-17(21)8-6-15/h5-11,13H,4H2,1-3H3/b16-9-/t13-/m0/s1. The Morgan fingerprint density at radius 2 is 2.00 bits per heavy atom. The number of methoxy groups -OCH3 is 1. The van der Waals surface area contributed by atoms with E-state index in [1.165, 1.54) is 0 Å². The van der Waals surface area contributed by atoms with Crippen LogP contribution in [0.5, 0.6) is 11.5 Å². The first-order valence-electron chi connectivity index (χ1n) is 7.90. The molecule has 0 aliphatic carbocycles. The van der Waals surface area contributed by atoms with Crippen molar-refractivity contribution in [3.63, 3.8) is 0 Å². The summed E-state index contributed by atoms with van der Waals surface area (Å²) >= 11 is 9.78. The van der Waals surface area contributed by atoms with Crippen molar-refractivity contribution in [2.24, 2.45) is 0 Å². The van der Waals surface area contributed by atoms with Gasteiger partial charge in [-0.05, 0) is 54.8 Å². The largest absolute Gasteiger partial charge is 0.493 e. The summed E-state index contributed by atoms with van der Waals surface area (Å²) in [6, 6.07) is 13.4. The van der Waals surface area contributed by atoms with E-state index in [1.807, 2.05) is 44.2 Å². The fourth-order valence-corrected chi connectivity index (χ4v) is 2.73. The van der Waals surface area contributed by atoms with Gasteiger partial charge >= 0.3 is 0 Å². The Bertz CT molecular complexity index is 810. The maximum atomic E-state index is 9.49. The zero-order chi connectivity index (χ0) is 18.4. The summed E-state index contributed by atoms with van der Waals surface area (Å²) in [4.78, 5) is 0. The molecule has 0 saturated carbocycles.